The maximum Gasteiger partial charge on any atom is 0.0467 e. The highest BCUT2D eigenvalue weighted by atomic mass is 14.9. The molecule has 0 heterocycles. The third-order valence-corrected chi connectivity index (χ3v) is 12.1. The highest BCUT2D eigenvalue weighted by Gasteiger charge is 2.84. The van der Waals surface area contributed by atoms with E-state index in [-0.39, 0.29) is 5.41 Å². The summed E-state index contributed by atoms with van der Waals surface area (Å²) in [5, 5.41) is 3.91. The van der Waals surface area contributed by atoms with E-state index in [0.29, 0.717) is 5.41 Å². The van der Waals surface area contributed by atoms with Crippen molar-refractivity contribution < 1.29 is 0 Å². The average molecular weight is 528 g/mol. The normalized spacial score (nSPS) is 30.7. The minimum absolute atomic E-state index is 0.209. The largest absolute Gasteiger partial charge is 0.355 e. The molecule has 5 aromatic carbocycles. The highest BCUT2D eigenvalue weighted by molar-refractivity contribution is 5.92. The van der Waals surface area contributed by atoms with Crippen molar-refractivity contribution in [2.45, 2.75) is 31.1 Å². The van der Waals surface area contributed by atoms with Gasteiger partial charge in [0.15, 0.2) is 0 Å². The third kappa shape index (κ3) is 2.69. The topological polar surface area (TPSA) is 12.0 Å². The molecule has 1 heteroatoms. The smallest absolute Gasteiger partial charge is 0.0467 e. The van der Waals surface area contributed by atoms with Crippen molar-refractivity contribution in [2.75, 3.05) is 5.32 Å². The van der Waals surface area contributed by atoms with Crippen LogP contribution in [-0.2, 0) is 5.41 Å². The molecule has 0 aromatic heterocycles. The zero-order chi connectivity index (χ0) is 26.8. The molecule has 5 aliphatic rings. The Morgan fingerprint density at radius 3 is 2.00 bits per heavy atom. The van der Waals surface area contributed by atoms with Gasteiger partial charge in [-0.15, -0.1) is 0 Å². The Labute approximate surface area is 242 Å². The predicted molar refractivity (Wildman–Crippen MR) is 168 cm³/mol. The van der Waals surface area contributed by atoms with Crippen molar-refractivity contribution in [3.05, 3.63) is 132 Å². The SMILES string of the molecule is c1ccc(-c2ccc(Nc3cc4c(cc3-c3ccccc3)-c3ccccc3C43C4CC5CC6CC3C64C5)cc2)cc1. The minimum atomic E-state index is 0.209. The van der Waals surface area contributed by atoms with E-state index < -0.39 is 0 Å². The minimum Gasteiger partial charge on any atom is -0.355 e. The highest BCUT2D eigenvalue weighted by Crippen LogP contribution is 2.89. The van der Waals surface area contributed by atoms with E-state index in [9.17, 15) is 0 Å². The van der Waals surface area contributed by atoms with Gasteiger partial charge < -0.3 is 5.32 Å². The first-order chi connectivity index (χ1) is 20.3. The maximum atomic E-state index is 3.91. The molecule has 0 radical (unpaired) electrons. The first kappa shape index (κ1) is 22.6. The molecule has 4 saturated carbocycles. The lowest BCUT2D eigenvalue weighted by Gasteiger charge is -2.76. The molecule has 6 unspecified atom stereocenters. The van der Waals surface area contributed by atoms with Gasteiger partial charge in [0.05, 0.1) is 0 Å². The first-order valence-corrected chi connectivity index (χ1v) is 15.5. The summed E-state index contributed by atoms with van der Waals surface area (Å²) in [4.78, 5) is 0. The molecule has 198 valence electrons. The van der Waals surface area contributed by atoms with Crippen molar-refractivity contribution in [2.24, 2.45) is 29.1 Å². The van der Waals surface area contributed by atoms with Crippen LogP contribution in [0, 0.1) is 29.1 Å². The van der Waals surface area contributed by atoms with Gasteiger partial charge in [-0.1, -0.05) is 97.1 Å². The molecular formula is C40H33N. The lowest BCUT2D eigenvalue weighted by molar-refractivity contribution is -0.231. The quantitative estimate of drug-likeness (QED) is 0.245. The fraction of sp³-hybridized carbons (Fsp3) is 0.250. The zero-order valence-electron chi connectivity index (χ0n) is 23.2. The number of benzene rings is 5. The molecule has 0 amide bonds. The molecule has 10 rings (SSSR count). The summed E-state index contributed by atoms with van der Waals surface area (Å²) in [6, 6.07) is 45.1. The molecule has 41 heavy (non-hydrogen) atoms. The summed E-state index contributed by atoms with van der Waals surface area (Å²) < 4.78 is 0. The molecule has 5 aromatic rings. The van der Waals surface area contributed by atoms with Crippen LogP contribution in [0.25, 0.3) is 33.4 Å². The molecule has 1 nitrogen and oxygen atoms in total. The van der Waals surface area contributed by atoms with E-state index in [1.807, 2.05) is 0 Å². The summed E-state index contributed by atoms with van der Waals surface area (Å²) in [5.41, 5.74) is 14.5. The van der Waals surface area contributed by atoms with Gasteiger partial charge in [-0.25, -0.2) is 0 Å². The van der Waals surface area contributed by atoms with Crippen LogP contribution in [0.4, 0.5) is 11.4 Å². The third-order valence-electron chi connectivity index (χ3n) is 12.1. The van der Waals surface area contributed by atoms with Gasteiger partial charge in [0, 0.05) is 22.4 Å². The lowest BCUT2D eigenvalue weighted by Crippen LogP contribution is -2.73. The van der Waals surface area contributed by atoms with E-state index in [0.717, 1.165) is 29.4 Å². The number of rotatable bonds is 4. The van der Waals surface area contributed by atoms with E-state index in [4.69, 9.17) is 0 Å². The Kier molecular flexibility index (Phi) is 4.29. The van der Waals surface area contributed by atoms with Gasteiger partial charge in [0.1, 0.15) is 0 Å². The van der Waals surface area contributed by atoms with Gasteiger partial charge in [0.25, 0.3) is 0 Å². The zero-order valence-corrected chi connectivity index (χ0v) is 23.2. The van der Waals surface area contributed by atoms with Crippen LogP contribution in [0.1, 0.15) is 36.8 Å². The Bertz CT molecular complexity index is 1840. The molecule has 0 aliphatic heterocycles. The molecule has 4 fully saturated rings. The fourth-order valence-corrected chi connectivity index (χ4v) is 10.9. The standard InChI is InChI=1S/C40H33N/c1-3-9-26(10-4-1)27-15-17-30(18-16-27)41-36-23-35-33(22-32(36)28-11-5-2-6-12-28)31-13-7-8-14-34(31)40(35)37-20-25-19-29-21-38(40)39(29,37)24-25/h1-18,22-23,25,29,37-38,41H,19-21,24H2. The van der Waals surface area contributed by atoms with Crippen LogP contribution in [0.5, 0.6) is 0 Å². The lowest BCUT2D eigenvalue weighted by atomic mass is 9.27. The molecule has 0 saturated heterocycles. The number of anilines is 2. The summed E-state index contributed by atoms with van der Waals surface area (Å²) in [6.07, 6.45) is 5.89. The molecule has 2 spiro atoms. The van der Waals surface area contributed by atoms with Crippen LogP contribution in [0.3, 0.4) is 0 Å². The summed E-state index contributed by atoms with van der Waals surface area (Å²) in [5.74, 6) is 3.61. The molecule has 5 aliphatic carbocycles. The second-order valence-electron chi connectivity index (χ2n) is 13.5. The van der Waals surface area contributed by atoms with Gasteiger partial charge in [-0.2, -0.15) is 0 Å². The summed E-state index contributed by atoms with van der Waals surface area (Å²) in [6.45, 7) is 0. The van der Waals surface area contributed by atoms with E-state index in [1.54, 1.807) is 11.1 Å². The van der Waals surface area contributed by atoms with Crippen molar-refractivity contribution >= 4 is 11.4 Å². The number of hydrogen-bond donors (Lipinski definition) is 1. The summed E-state index contributed by atoms with van der Waals surface area (Å²) in [7, 11) is 0. The van der Waals surface area contributed by atoms with Crippen molar-refractivity contribution in [1.29, 1.82) is 0 Å². The van der Waals surface area contributed by atoms with Gasteiger partial charge in [-0.3, -0.25) is 0 Å². The van der Waals surface area contributed by atoms with Crippen LogP contribution in [-0.4, -0.2) is 0 Å². The second-order valence-corrected chi connectivity index (χ2v) is 13.5. The Balaban J connectivity index is 1.14. The molecule has 2 bridgehead atoms. The number of hydrogen-bond acceptors (Lipinski definition) is 1. The molecule has 1 N–H and O–H groups in total. The van der Waals surface area contributed by atoms with Crippen LogP contribution < -0.4 is 5.32 Å². The van der Waals surface area contributed by atoms with E-state index in [1.165, 1.54) is 64.8 Å². The monoisotopic (exact) mass is 527 g/mol. The van der Waals surface area contributed by atoms with Gasteiger partial charge in [0.2, 0.25) is 0 Å². The van der Waals surface area contributed by atoms with Crippen LogP contribution >= 0.6 is 0 Å². The predicted octanol–water partition coefficient (Wildman–Crippen LogP) is 10.1. The Morgan fingerprint density at radius 1 is 0.537 bits per heavy atom. The van der Waals surface area contributed by atoms with Gasteiger partial charge >= 0.3 is 0 Å². The van der Waals surface area contributed by atoms with Crippen molar-refractivity contribution in [3.63, 3.8) is 0 Å². The fourth-order valence-electron chi connectivity index (χ4n) is 10.9. The summed E-state index contributed by atoms with van der Waals surface area (Å²) >= 11 is 0. The van der Waals surface area contributed by atoms with E-state index in [2.05, 4.69) is 127 Å². The van der Waals surface area contributed by atoms with Crippen molar-refractivity contribution in [3.8, 4) is 33.4 Å². The maximum absolute atomic E-state index is 3.91. The second kappa shape index (κ2) is 7.79. The van der Waals surface area contributed by atoms with E-state index >= 15 is 0 Å². The Morgan fingerprint density at radius 2 is 1.22 bits per heavy atom. The molecule has 6 atom stereocenters. The first-order valence-electron chi connectivity index (χ1n) is 15.5. The molecular weight excluding hydrogens is 494 g/mol. The average Bonchev–Trinajstić information content (AvgIpc) is 3.65. The Hall–Kier alpha value is -4.10. The number of fused-ring (bicyclic) bond motifs is 8. The van der Waals surface area contributed by atoms with Crippen LogP contribution in [0.15, 0.2) is 121 Å². The van der Waals surface area contributed by atoms with Crippen LogP contribution in [0.2, 0.25) is 0 Å². The van der Waals surface area contributed by atoms with Crippen molar-refractivity contribution in [1.82, 2.24) is 0 Å². The number of nitrogens with one attached hydrogen (secondary N) is 1. The van der Waals surface area contributed by atoms with Gasteiger partial charge in [-0.05, 0) is 118 Å².